The molecule has 5 atom stereocenters. The van der Waals surface area contributed by atoms with Crippen LogP contribution in [-0.2, 0) is 35.7 Å². The lowest BCUT2D eigenvalue weighted by atomic mass is 10.0. The van der Waals surface area contributed by atoms with Gasteiger partial charge in [-0.15, -0.1) is 0 Å². The third kappa shape index (κ3) is 4.31. The van der Waals surface area contributed by atoms with Gasteiger partial charge in [-0.1, -0.05) is 28.8 Å². The predicted molar refractivity (Wildman–Crippen MR) is 158 cm³/mol. The van der Waals surface area contributed by atoms with Gasteiger partial charge in [0.1, 0.15) is 17.8 Å². The van der Waals surface area contributed by atoms with Crippen LogP contribution in [0, 0.1) is 16.7 Å². The number of benzene rings is 1. The van der Waals surface area contributed by atoms with Crippen molar-refractivity contribution in [1.82, 2.24) is 20.0 Å². The van der Waals surface area contributed by atoms with Crippen LogP contribution in [-0.4, -0.2) is 77.1 Å². The fourth-order valence-electron chi connectivity index (χ4n) is 8.02. The number of aliphatic imine (C=N–C) groups is 1. The molecule has 1 aromatic carbocycles. The smallest absolute Gasteiger partial charge is 0.340 e. The Kier molecular flexibility index (Phi) is 6.10. The zero-order valence-corrected chi connectivity index (χ0v) is 26.5. The molecule has 4 heterocycles. The van der Waals surface area contributed by atoms with E-state index in [1.165, 1.54) is 21.7 Å². The maximum absolute atomic E-state index is 14.6. The van der Waals surface area contributed by atoms with Gasteiger partial charge in [-0.25, -0.2) is 9.79 Å². The van der Waals surface area contributed by atoms with Crippen LogP contribution in [0.25, 0.3) is 0 Å². The molecule has 3 aliphatic heterocycles. The van der Waals surface area contributed by atoms with Crippen LogP contribution in [0.3, 0.4) is 0 Å². The Balaban J connectivity index is 1.13. The van der Waals surface area contributed by atoms with Crippen LogP contribution in [0.15, 0.2) is 50.9 Å². The minimum Gasteiger partial charge on any atom is -0.408 e. The number of amides is 2. The summed E-state index contributed by atoms with van der Waals surface area (Å²) in [7, 11) is -2.45. The molecule has 2 bridgehead atoms. The number of nitrogens with zero attached hydrogens (tertiary/aromatic N) is 4. The molecule has 0 radical (unpaired) electrons. The average molecular weight is 687 g/mol. The maximum Gasteiger partial charge on any atom is 0.340 e. The first kappa shape index (κ1) is 28.4. The van der Waals surface area contributed by atoms with Gasteiger partial charge < -0.3 is 15.0 Å². The summed E-state index contributed by atoms with van der Waals surface area (Å²) < 4.78 is 40.2. The normalized spacial score (nSPS) is 37.0. The van der Waals surface area contributed by atoms with Crippen molar-refractivity contribution in [2.75, 3.05) is 6.54 Å². The van der Waals surface area contributed by atoms with Gasteiger partial charge in [0, 0.05) is 36.1 Å². The van der Waals surface area contributed by atoms with Gasteiger partial charge >= 0.3 is 5.97 Å². The minimum absolute atomic E-state index is 0.00887. The fourth-order valence-corrected chi connectivity index (χ4v) is 9.36. The monoisotopic (exact) mass is 685 g/mol. The van der Waals surface area contributed by atoms with Crippen molar-refractivity contribution in [2.24, 2.45) is 28.8 Å². The third-order valence-electron chi connectivity index (χ3n) is 10.7. The number of rotatable bonds is 5. The lowest BCUT2D eigenvalue weighted by Crippen LogP contribution is -2.54. The van der Waals surface area contributed by atoms with Crippen molar-refractivity contribution in [1.29, 1.82) is 0 Å². The largest absolute Gasteiger partial charge is 0.408 e. The Morgan fingerprint density at radius 2 is 1.93 bits per heavy atom. The molecule has 1 N–H and O–H groups in total. The minimum atomic E-state index is -4.16. The molecule has 4 fully saturated rings. The fraction of sp³-hybridized carbons (Fsp3) is 0.567. The Bertz CT molecular complexity index is 1730. The van der Waals surface area contributed by atoms with E-state index in [0.717, 1.165) is 43.0 Å². The number of nitrogens with one attached hydrogen (secondary N) is 1. The molecule has 3 saturated carbocycles. The van der Waals surface area contributed by atoms with Crippen LogP contribution >= 0.6 is 15.9 Å². The van der Waals surface area contributed by atoms with Crippen LogP contribution in [0.1, 0.15) is 61.9 Å². The molecule has 6 aliphatic rings. The van der Waals surface area contributed by atoms with E-state index < -0.39 is 45.7 Å². The summed E-state index contributed by atoms with van der Waals surface area (Å²) in [5.74, 6) is -0.973. The summed E-state index contributed by atoms with van der Waals surface area (Å²) in [5.41, 5.74) is -1.05. The number of aryl methyl sites for hydroxylation is 1. The van der Waals surface area contributed by atoms with Gasteiger partial charge in [0.15, 0.2) is 5.54 Å². The third-order valence-corrected chi connectivity index (χ3v) is 12.6. The zero-order chi connectivity index (χ0) is 30.6. The van der Waals surface area contributed by atoms with Crippen LogP contribution < -0.4 is 5.32 Å². The number of hydrogen-bond donors (Lipinski definition) is 1. The summed E-state index contributed by atoms with van der Waals surface area (Å²) in [5, 5.41) is 7.22. The number of fused-ring (bicyclic) bond motifs is 2. The molecule has 1 spiro atoms. The van der Waals surface area contributed by atoms with Gasteiger partial charge in [-0.3, -0.25) is 18.5 Å². The van der Waals surface area contributed by atoms with Gasteiger partial charge in [-0.05, 0) is 73.8 Å². The molecular formula is C30H32BrN5O7S. The lowest BCUT2D eigenvalue weighted by molar-refractivity contribution is -0.138. The first-order valence-electron chi connectivity index (χ1n) is 15.1. The van der Waals surface area contributed by atoms with Gasteiger partial charge in [0.05, 0.1) is 11.0 Å². The quantitative estimate of drug-likeness (QED) is 0.373. The average Bonchev–Trinajstić information content (AvgIpc) is 3.79. The van der Waals surface area contributed by atoms with E-state index in [-0.39, 0.29) is 52.1 Å². The summed E-state index contributed by atoms with van der Waals surface area (Å²) in [6, 6.07) is 6.06. The highest BCUT2D eigenvalue weighted by Gasteiger charge is 2.86. The Labute approximate surface area is 262 Å². The molecule has 232 valence electrons. The predicted octanol–water partition coefficient (Wildman–Crippen LogP) is 2.72. The Hall–Kier alpha value is -3.10. The van der Waals surface area contributed by atoms with E-state index in [2.05, 4.69) is 26.3 Å². The summed E-state index contributed by atoms with van der Waals surface area (Å²) in [6.07, 6.45) is 6.91. The number of esters is 1. The van der Waals surface area contributed by atoms with Gasteiger partial charge in [0.2, 0.25) is 11.8 Å². The summed E-state index contributed by atoms with van der Waals surface area (Å²) >= 11 is 3.31. The molecule has 14 heteroatoms. The molecule has 8 rings (SSSR count). The molecule has 12 nitrogen and oxygen atoms in total. The van der Waals surface area contributed by atoms with Crippen LogP contribution in [0.2, 0.25) is 0 Å². The zero-order valence-electron chi connectivity index (χ0n) is 24.1. The highest BCUT2D eigenvalue weighted by Crippen LogP contribution is 2.89. The second kappa shape index (κ2) is 9.46. The van der Waals surface area contributed by atoms with Crippen molar-refractivity contribution in [3.8, 4) is 0 Å². The number of hydrogen-bond acceptors (Lipinski definition) is 9. The van der Waals surface area contributed by atoms with E-state index in [1.54, 1.807) is 31.4 Å². The number of carbonyl (C=O) groups excluding carboxylic acids is 3. The van der Waals surface area contributed by atoms with E-state index in [0.29, 0.717) is 6.42 Å². The first-order chi connectivity index (χ1) is 21.0. The number of halogens is 1. The number of ether oxygens (including phenoxy) is 1. The summed E-state index contributed by atoms with van der Waals surface area (Å²) in [6.45, 7) is -0.0642. The van der Waals surface area contributed by atoms with E-state index in [1.807, 2.05) is 0 Å². The van der Waals surface area contributed by atoms with E-state index in [9.17, 15) is 22.8 Å². The topological polar surface area (TPSA) is 149 Å². The standard InChI is InChI=1S/C30H32BrN5O7S/c1-35-11-9-21(34-35)24(37)32-23-26(38)36-14-19(43-44(40,41)20-7-5-18(31)6-8-20)12-22(36)25-33-30(27(39)42-25)13-17(30)4-2-3-10-28-15-29(23,28)16-28/h5-9,11,17,19,22-23H,2-4,10,12-16H2,1H3,(H,32,37). The molecule has 5 unspecified atom stereocenters. The van der Waals surface area contributed by atoms with Crippen molar-refractivity contribution < 1.29 is 31.7 Å². The van der Waals surface area contributed by atoms with Crippen molar-refractivity contribution in [3.63, 3.8) is 0 Å². The number of carbonyl (C=O) groups is 3. The molecule has 2 aromatic rings. The van der Waals surface area contributed by atoms with Crippen LogP contribution in [0.4, 0.5) is 0 Å². The Morgan fingerprint density at radius 1 is 1.16 bits per heavy atom. The second-order valence-corrected chi connectivity index (χ2v) is 15.8. The van der Waals surface area contributed by atoms with Crippen molar-refractivity contribution in [2.45, 2.75) is 80.0 Å². The molecule has 1 aromatic heterocycles. The lowest BCUT2D eigenvalue weighted by Gasteiger charge is -2.30. The van der Waals surface area contributed by atoms with Crippen LogP contribution in [0.5, 0.6) is 0 Å². The first-order valence-corrected chi connectivity index (χ1v) is 17.3. The van der Waals surface area contributed by atoms with E-state index >= 15 is 0 Å². The highest BCUT2D eigenvalue weighted by atomic mass is 79.9. The Morgan fingerprint density at radius 3 is 2.66 bits per heavy atom. The molecule has 3 aliphatic carbocycles. The summed E-state index contributed by atoms with van der Waals surface area (Å²) in [4.78, 5) is 47.3. The molecule has 44 heavy (non-hydrogen) atoms. The molecule has 2 amide bonds. The maximum atomic E-state index is 14.6. The second-order valence-electron chi connectivity index (χ2n) is 13.4. The molecular weight excluding hydrogens is 654 g/mol. The van der Waals surface area contributed by atoms with Gasteiger partial charge in [0.25, 0.3) is 16.0 Å². The van der Waals surface area contributed by atoms with E-state index in [4.69, 9.17) is 13.9 Å². The van der Waals surface area contributed by atoms with Gasteiger partial charge in [-0.2, -0.15) is 13.5 Å². The number of aromatic nitrogens is 2. The van der Waals surface area contributed by atoms with Crippen molar-refractivity contribution >= 4 is 49.7 Å². The van der Waals surface area contributed by atoms with Crippen molar-refractivity contribution in [3.05, 3.63) is 46.7 Å². The SMILES string of the molecule is Cn1ccc(C(=O)NC2C(=O)N3CC(OS(=O)(=O)c4ccc(Br)cc4)CC3C3=NC4(CC4CCCCC45CC24C5)C(=O)O3)n1. The molecule has 1 saturated heterocycles. The highest BCUT2D eigenvalue weighted by molar-refractivity contribution is 9.10.